The van der Waals surface area contributed by atoms with E-state index in [1.165, 1.54) is 42.5 Å². The highest BCUT2D eigenvalue weighted by atomic mass is 16.4. The summed E-state index contributed by atoms with van der Waals surface area (Å²) >= 11 is 0. The van der Waals surface area contributed by atoms with Gasteiger partial charge in [-0.2, -0.15) is 0 Å². The number of anilines is 1. The van der Waals surface area contributed by atoms with Crippen LogP contribution < -0.4 is 11.1 Å². The van der Waals surface area contributed by atoms with E-state index in [0.717, 1.165) is 18.0 Å². The fourth-order valence-corrected chi connectivity index (χ4v) is 4.14. The lowest BCUT2D eigenvalue weighted by Crippen LogP contribution is -2.30. The topological polar surface area (TPSA) is 67.5 Å². The summed E-state index contributed by atoms with van der Waals surface area (Å²) < 4.78 is 6.71. The van der Waals surface area contributed by atoms with Crippen LogP contribution in [0.3, 0.4) is 0 Å². The predicted molar refractivity (Wildman–Crippen MR) is 119 cm³/mol. The van der Waals surface area contributed by atoms with Gasteiger partial charge in [-0.3, -0.25) is 9.36 Å². The van der Waals surface area contributed by atoms with E-state index in [9.17, 15) is 9.59 Å². The molecule has 1 aliphatic rings. The highest BCUT2D eigenvalue weighted by Gasteiger charge is 2.16. The minimum atomic E-state index is -0.432. The number of likely N-dealkylation sites (tertiary alicyclic amines) is 1. The first-order valence-corrected chi connectivity index (χ1v) is 10.7. The molecule has 0 unspecified atom stereocenters. The summed E-state index contributed by atoms with van der Waals surface area (Å²) in [5.41, 5.74) is 3.35. The van der Waals surface area contributed by atoms with Crippen LogP contribution in [0.4, 0.5) is 5.69 Å². The van der Waals surface area contributed by atoms with Gasteiger partial charge in [-0.25, -0.2) is 4.79 Å². The third kappa shape index (κ3) is 5.00. The smallest absolute Gasteiger partial charge is 0.408 e. The van der Waals surface area contributed by atoms with Crippen molar-refractivity contribution in [3.8, 4) is 0 Å². The molecule has 6 nitrogen and oxygen atoms in total. The van der Waals surface area contributed by atoms with Crippen molar-refractivity contribution in [2.75, 3.05) is 25.5 Å². The van der Waals surface area contributed by atoms with Gasteiger partial charge in [-0.1, -0.05) is 24.3 Å². The molecule has 3 aromatic rings. The Morgan fingerprint density at radius 3 is 2.60 bits per heavy atom. The minimum Gasteiger partial charge on any atom is -0.408 e. The van der Waals surface area contributed by atoms with Crippen molar-refractivity contribution in [3.63, 3.8) is 0 Å². The van der Waals surface area contributed by atoms with Crippen LogP contribution in [-0.4, -0.2) is 35.5 Å². The first kappa shape index (κ1) is 20.4. The number of fused-ring (bicyclic) bond motifs is 1. The number of oxazole rings is 1. The van der Waals surface area contributed by atoms with Gasteiger partial charge in [0.25, 0.3) is 0 Å². The zero-order valence-corrected chi connectivity index (χ0v) is 17.5. The van der Waals surface area contributed by atoms with E-state index in [1.807, 2.05) is 30.3 Å². The molecular weight excluding hydrogens is 378 g/mol. The molecule has 0 atom stereocenters. The summed E-state index contributed by atoms with van der Waals surface area (Å²) in [7, 11) is 2.19. The standard InChI is InChI=1S/C24H29N3O3/c1-26-15-12-19(13-16-26)7-6-18-8-10-20(11-9-18)25-23(28)14-17-27-21-4-2-3-5-22(21)30-24(27)29/h2-5,8-11,19H,6-7,12-17H2,1H3,(H,25,28). The van der Waals surface area contributed by atoms with Crippen molar-refractivity contribution in [2.45, 2.75) is 38.6 Å². The molecular formula is C24H29N3O3. The van der Waals surface area contributed by atoms with Gasteiger partial charge >= 0.3 is 5.76 Å². The Labute approximate surface area is 176 Å². The van der Waals surface area contributed by atoms with Gasteiger partial charge < -0.3 is 14.6 Å². The Hall–Kier alpha value is -2.86. The molecule has 2 heterocycles. The molecule has 1 amide bonds. The molecule has 0 bridgehead atoms. The van der Waals surface area contributed by atoms with Crippen LogP contribution in [0.5, 0.6) is 0 Å². The van der Waals surface area contributed by atoms with Gasteiger partial charge in [-0.15, -0.1) is 0 Å². The lowest BCUT2D eigenvalue weighted by molar-refractivity contribution is -0.116. The largest absolute Gasteiger partial charge is 0.419 e. The molecule has 0 spiro atoms. The van der Waals surface area contributed by atoms with Gasteiger partial charge in [0.2, 0.25) is 5.91 Å². The quantitative estimate of drug-likeness (QED) is 0.645. The second-order valence-electron chi connectivity index (χ2n) is 8.27. The van der Waals surface area contributed by atoms with Gasteiger partial charge in [-0.05, 0) is 81.6 Å². The van der Waals surface area contributed by atoms with Gasteiger partial charge in [0.05, 0.1) is 5.52 Å². The maximum Gasteiger partial charge on any atom is 0.419 e. The molecule has 1 aliphatic heterocycles. The van der Waals surface area contributed by atoms with E-state index < -0.39 is 5.76 Å². The van der Waals surface area contributed by atoms with Crippen molar-refractivity contribution < 1.29 is 9.21 Å². The van der Waals surface area contributed by atoms with Crippen molar-refractivity contribution in [3.05, 3.63) is 64.6 Å². The maximum absolute atomic E-state index is 12.3. The monoisotopic (exact) mass is 407 g/mol. The van der Waals surface area contributed by atoms with E-state index in [2.05, 4.69) is 29.4 Å². The fraction of sp³-hybridized carbons (Fsp3) is 0.417. The zero-order chi connectivity index (χ0) is 20.9. The Balaban J connectivity index is 1.26. The number of para-hydroxylation sites is 2. The fourth-order valence-electron chi connectivity index (χ4n) is 4.14. The summed E-state index contributed by atoms with van der Waals surface area (Å²) in [5, 5.41) is 2.92. The number of carbonyl (C=O) groups excluding carboxylic acids is 1. The number of hydrogen-bond donors (Lipinski definition) is 1. The number of aromatic nitrogens is 1. The molecule has 6 heteroatoms. The first-order valence-electron chi connectivity index (χ1n) is 10.7. The molecule has 158 valence electrons. The SMILES string of the molecule is CN1CCC(CCc2ccc(NC(=O)CCn3c(=O)oc4ccccc43)cc2)CC1. The van der Waals surface area contributed by atoms with Gasteiger partial charge in [0, 0.05) is 18.7 Å². The first-order chi connectivity index (χ1) is 14.6. The second kappa shape index (κ2) is 9.30. The number of aryl methyl sites for hydroxylation is 2. The normalized spacial score (nSPS) is 15.5. The minimum absolute atomic E-state index is 0.119. The van der Waals surface area contributed by atoms with Crippen LogP contribution in [-0.2, 0) is 17.8 Å². The molecule has 0 saturated carbocycles. The van der Waals surface area contributed by atoms with Gasteiger partial charge in [0.1, 0.15) is 0 Å². The Kier molecular flexibility index (Phi) is 6.33. The van der Waals surface area contributed by atoms with E-state index >= 15 is 0 Å². The maximum atomic E-state index is 12.3. The molecule has 1 aromatic heterocycles. The van der Waals surface area contributed by atoms with Crippen molar-refractivity contribution in [1.29, 1.82) is 0 Å². The summed E-state index contributed by atoms with van der Waals surface area (Å²) in [4.78, 5) is 26.7. The van der Waals surface area contributed by atoms with E-state index in [0.29, 0.717) is 11.1 Å². The third-order valence-corrected chi connectivity index (χ3v) is 6.05. The van der Waals surface area contributed by atoms with Crippen molar-refractivity contribution in [1.82, 2.24) is 9.47 Å². The van der Waals surface area contributed by atoms with E-state index in [1.54, 1.807) is 6.07 Å². The lowest BCUT2D eigenvalue weighted by atomic mass is 9.91. The molecule has 1 N–H and O–H groups in total. The molecule has 30 heavy (non-hydrogen) atoms. The molecule has 0 aliphatic carbocycles. The Morgan fingerprint density at radius 1 is 1.10 bits per heavy atom. The Morgan fingerprint density at radius 2 is 1.83 bits per heavy atom. The van der Waals surface area contributed by atoms with Crippen LogP contribution in [0.1, 0.15) is 31.2 Å². The van der Waals surface area contributed by atoms with Crippen LogP contribution >= 0.6 is 0 Å². The number of rotatable bonds is 7. The summed E-state index contributed by atoms with van der Waals surface area (Å²) in [6.45, 7) is 2.70. The van der Waals surface area contributed by atoms with Crippen LogP contribution in [0, 0.1) is 5.92 Å². The summed E-state index contributed by atoms with van der Waals surface area (Å²) in [6.07, 6.45) is 5.10. The highest BCUT2D eigenvalue weighted by Crippen LogP contribution is 2.22. The number of benzene rings is 2. The summed E-state index contributed by atoms with van der Waals surface area (Å²) in [6, 6.07) is 15.4. The number of piperidine rings is 1. The average Bonchev–Trinajstić information content (AvgIpc) is 3.08. The van der Waals surface area contributed by atoms with Crippen molar-refractivity contribution >= 4 is 22.7 Å². The van der Waals surface area contributed by atoms with E-state index in [4.69, 9.17) is 4.42 Å². The summed E-state index contributed by atoms with van der Waals surface area (Å²) in [5.74, 6) is 0.271. The number of hydrogen-bond acceptors (Lipinski definition) is 4. The number of nitrogens with zero attached hydrogens (tertiary/aromatic N) is 2. The third-order valence-electron chi connectivity index (χ3n) is 6.05. The van der Waals surface area contributed by atoms with Crippen LogP contribution in [0.15, 0.2) is 57.7 Å². The number of carbonyl (C=O) groups is 1. The Bertz CT molecular complexity index is 1040. The van der Waals surface area contributed by atoms with Crippen molar-refractivity contribution in [2.24, 2.45) is 5.92 Å². The molecule has 4 rings (SSSR count). The van der Waals surface area contributed by atoms with Gasteiger partial charge in [0.15, 0.2) is 5.58 Å². The zero-order valence-electron chi connectivity index (χ0n) is 17.5. The number of amides is 1. The van der Waals surface area contributed by atoms with Crippen LogP contribution in [0.2, 0.25) is 0 Å². The lowest BCUT2D eigenvalue weighted by Gasteiger charge is -2.28. The highest BCUT2D eigenvalue weighted by molar-refractivity contribution is 5.90. The molecule has 1 saturated heterocycles. The second-order valence-corrected chi connectivity index (χ2v) is 8.27. The predicted octanol–water partition coefficient (Wildman–Crippen LogP) is 3.90. The molecule has 0 radical (unpaired) electrons. The molecule has 2 aromatic carbocycles. The molecule has 1 fully saturated rings. The van der Waals surface area contributed by atoms with E-state index in [-0.39, 0.29) is 18.9 Å². The average molecular weight is 408 g/mol. The van der Waals surface area contributed by atoms with Crippen LogP contribution in [0.25, 0.3) is 11.1 Å². The number of nitrogens with one attached hydrogen (secondary N) is 1.